The lowest BCUT2D eigenvalue weighted by atomic mass is 9.85. The summed E-state index contributed by atoms with van der Waals surface area (Å²) in [7, 11) is -4.08. The molecule has 5 rings (SSSR count). The van der Waals surface area contributed by atoms with E-state index in [1.165, 1.54) is 0 Å². The Morgan fingerprint density at radius 3 is 2.03 bits per heavy atom. The smallest absolute Gasteiger partial charge is 0.276 e. The molecule has 0 radical (unpaired) electrons. The van der Waals surface area contributed by atoms with Crippen LogP contribution in [0.3, 0.4) is 0 Å². The Hall–Kier alpha value is -3.58. The zero-order chi connectivity index (χ0) is 26.0. The summed E-state index contributed by atoms with van der Waals surface area (Å²) in [6.45, 7) is 3.91. The molecule has 3 aromatic rings. The van der Waals surface area contributed by atoms with Gasteiger partial charge >= 0.3 is 0 Å². The molecule has 37 heavy (non-hydrogen) atoms. The number of rotatable bonds is 5. The van der Waals surface area contributed by atoms with Gasteiger partial charge in [-0.25, -0.2) is 4.99 Å². The highest BCUT2D eigenvalue weighted by Gasteiger charge is 2.42. The van der Waals surface area contributed by atoms with Crippen LogP contribution in [0.4, 0.5) is 0 Å². The van der Waals surface area contributed by atoms with E-state index in [-0.39, 0.29) is 22.8 Å². The van der Waals surface area contributed by atoms with Crippen LogP contribution in [0.1, 0.15) is 60.3 Å². The number of hydrogen-bond donors (Lipinski definition) is 0. The predicted octanol–water partition coefficient (Wildman–Crippen LogP) is 5.80. The third-order valence-corrected chi connectivity index (χ3v) is 8.41. The van der Waals surface area contributed by atoms with Gasteiger partial charge in [-0.15, -0.1) is 4.40 Å². The van der Waals surface area contributed by atoms with Gasteiger partial charge in [0.15, 0.2) is 0 Å². The van der Waals surface area contributed by atoms with E-state index in [2.05, 4.69) is 4.40 Å². The summed E-state index contributed by atoms with van der Waals surface area (Å²) in [6.07, 6.45) is 4.67. The summed E-state index contributed by atoms with van der Waals surface area (Å²) in [5, 5.41) is 0. The number of aryl methyl sites for hydroxylation is 2. The maximum absolute atomic E-state index is 14.3. The number of guanidine groups is 1. The standard InChI is InChI=1S/C30H31N3O3S/c1-21-13-17-23(18-14-21)27-28(24-9-5-3-6-10-24)31-30(33(29(27)34)25-11-7-4-8-12-25)32-37(35,36)26-19-15-22(2)16-20-26/h3,5-6,9-10,13-20,25,27H,4,7-8,11-12H2,1-2H3/b32-30+. The minimum atomic E-state index is -4.08. The van der Waals surface area contributed by atoms with Crippen molar-refractivity contribution in [2.75, 3.05) is 0 Å². The Labute approximate surface area is 218 Å². The fourth-order valence-electron chi connectivity index (χ4n) is 5.10. The van der Waals surface area contributed by atoms with Crippen molar-refractivity contribution in [1.29, 1.82) is 0 Å². The van der Waals surface area contributed by atoms with Crippen molar-refractivity contribution in [2.45, 2.75) is 62.8 Å². The molecule has 0 aromatic heterocycles. The van der Waals surface area contributed by atoms with Gasteiger partial charge in [0.1, 0.15) is 5.92 Å². The van der Waals surface area contributed by atoms with Gasteiger partial charge in [-0.3, -0.25) is 9.69 Å². The first kappa shape index (κ1) is 25.1. The molecule has 0 bridgehead atoms. The van der Waals surface area contributed by atoms with Crippen LogP contribution in [-0.4, -0.2) is 36.9 Å². The monoisotopic (exact) mass is 513 g/mol. The number of carbonyl (C=O) groups is 1. The van der Waals surface area contributed by atoms with E-state index in [1.54, 1.807) is 29.2 Å². The summed E-state index contributed by atoms with van der Waals surface area (Å²) < 4.78 is 31.0. The first-order valence-corrected chi connectivity index (χ1v) is 14.2. The van der Waals surface area contributed by atoms with Crippen molar-refractivity contribution in [1.82, 2.24) is 4.90 Å². The molecule has 3 aromatic carbocycles. The molecule has 1 aliphatic heterocycles. The molecular weight excluding hydrogens is 482 g/mol. The topological polar surface area (TPSA) is 79.2 Å². The highest BCUT2D eigenvalue weighted by molar-refractivity contribution is 7.90. The number of nitrogens with zero attached hydrogens (tertiary/aromatic N) is 3. The highest BCUT2D eigenvalue weighted by Crippen LogP contribution is 2.34. The lowest BCUT2D eigenvalue weighted by Crippen LogP contribution is -2.52. The Morgan fingerprint density at radius 1 is 0.811 bits per heavy atom. The Kier molecular flexibility index (Phi) is 7.07. The third-order valence-electron chi connectivity index (χ3n) is 7.13. The van der Waals surface area contributed by atoms with Crippen LogP contribution in [0.2, 0.25) is 0 Å². The quantitative estimate of drug-likeness (QED) is 0.433. The van der Waals surface area contributed by atoms with E-state index in [0.29, 0.717) is 5.71 Å². The lowest BCUT2D eigenvalue weighted by molar-refractivity contribution is -0.129. The normalized spacial score (nSPS) is 20.2. The molecule has 190 valence electrons. The first-order valence-electron chi connectivity index (χ1n) is 12.8. The zero-order valence-electron chi connectivity index (χ0n) is 21.2. The van der Waals surface area contributed by atoms with E-state index in [1.807, 2.05) is 68.4 Å². The largest absolute Gasteiger partial charge is 0.285 e. The maximum atomic E-state index is 14.3. The maximum Gasteiger partial charge on any atom is 0.285 e. The number of hydrogen-bond acceptors (Lipinski definition) is 3. The molecular formula is C30H31N3O3S. The lowest BCUT2D eigenvalue weighted by Gasteiger charge is -2.39. The predicted molar refractivity (Wildman–Crippen MR) is 146 cm³/mol. The summed E-state index contributed by atoms with van der Waals surface area (Å²) in [6, 6.07) is 23.8. The summed E-state index contributed by atoms with van der Waals surface area (Å²) >= 11 is 0. The molecule has 0 saturated heterocycles. The second-order valence-electron chi connectivity index (χ2n) is 9.89. The van der Waals surface area contributed by atoms with E-state index < -0.39 is 15.9 Å². The Morgan fingerprint density at radius 2 is 1.41 bits per heavy atom. The van der Waals surface area contributed by atoms with Crippen LogP contribution in [0.15, 0.2) is 93.1 Å². The molecule has 1 unspecified atom stereocenters. The minimum absolute atomic E-state index is 0.0420. The van der Waals surface area contributed by atoms with Crippen molar-refractivity contribution in [3.63, 3.8) is 0 Å². The zero-order valence-corrected chi connectivity index (χ0v) is 22.0. The van der Waals surface area contributed by atoms with Crippen molar-refractivity contribution in [2.24, 2.45) is 9.39 Å². The van der Waals surface area contributed by atoms with E-state index in [9.17, 15) is 13.2 Å². The van der Waals surface area contributed by atoms with Crippen LogP contribution in [-0.2, 0) is 14.8 Å². The van der Waals surface area contributed by atoms with Gasteiger partial charge in [-0.1, -0.05) is 97.1 Å². The van der Waals surface area contributed by atoms with Crippen LogP contribution >= 0.6 is 0 Å². The first-order chi connectivity index (χ1) is 17.8. The highest BCUT2D eigenvalue weighted by atomic mass is 32.2. The molecule has 1 heterocycles. The van der Waals surface area contributed by atoms with Crippen LogP contribution in [0, 0.1) is 13.8 Å². The Bertz CT molecular complexity index is 1440. The summed E-state index contributed by atoms with van der Waals surface area (Å²) in [4.78, 5) is 20.9. The fourth-order valence-corrected chi connectivity index (χ4v) is 6.03. The molecule has 1 fully saturated rings. The number of benzene rings is 3. The molecule has 6 nitrogen and oxygen atoms in total. The summed E-state index contributed by atoms with van der Waals surface area (Å²) in [5.74, 6) is -0.867. The molecule has 0 spiro atoms. The molecule has 1 saturated carbocycles. The van der Waals surface area contributed by atoms with Crippen molar-refractivity contribution >= 4 is 27.6 Å². The van der Waals surface area contributed by atoms with Gasteiger partial charge in [-0.05, 0) is 49.9 Å². The van der Waals surface area contributed by atoms with Crippen molar-refractivity contribution in [3.8, 4) is 0 Å². The average molecular weight is 514 g/mol. The van der Waals surface area contributed by atoms with Crippen LogP contribution < -0.4 is 0 Å². The van der Waals surface area contributed by atoms with Crippen LogP contribution in [0.5, 0.6) is 0 Å². The van der Waals surface area contributed by atoms with Gasteiger partial charge in [0.2, 0.25) is 11.9 Å². The number of amides is 1. The molecule has 1 atom stereocenters. The van der Waals surface area contributed by atoms with Crippen LogP contribution in [0.25, 0.3) is 0 Å². The van der Waals surface area contributed by atoms with Crippen molar-refractivity contribution < 1.29 is 13.2 Å². The average Bonchev–Trinajstić information content (AvgIpc) is 2.90. The van der Waals surface area contributed by atoms with Crippen molar-refractivity contribution in [3.05, 3.63) is 101 Å². The Balaban J connectivity index is 1.71. The van der Waals surface area contributed by atoms with Gasteiger partial charge in [0.05, 0.1) is 10.6 Å². The number of carbonyl (C=O) groups excluding carboxylic acids is 1. The van der Waals surface area contributed by atoms with Gasteiger partial charge in [0, 0.05) is 6.04 Å². The molecule has 1 aliphatic carbocycles. The fraction of sp³-hybridized carbons (Fsp3) is 0.300. The van der Waals surface area contributed by atoms with E-state index >= 15 is 0 Å². The molecule has 2 aliphatic rings. The molecule has 0 N–H and O–H groups in total. The third kappa shape index (κ3) is 5.27. The minimum Gasteiger partial charge on any atom is -0.276 e. The number of sulfonamides is 1. The summed E-state index contributed by atoms with van der Waals surface area (Å²) in [5.41, 5.74) is 4.17. The van der Waals surface area contributed by atoms with Gasteiger partial charge in [-0.2, -0.15) is 8.42 Å². The second-order valence-corrected chi connectivity index (χ2v) is 11.5. The molecule has 7 heteroatoms. The molecule has 1 amide bonds. The van der Waals surface area contributed by atoms with E-state index in [4.69, 9.17) is 4.99 Å². The SMILES string of the molecule is Cc1ccc(C2C(=O)N(C3CCCCC3)/C(=N/S(=O)(=O)c3ccc(C)cc3)N=C2c2ccccc2)cc1. The van der Waals surface area contributed by atoms with Gasteiger partial charge < -0.3 is 0 Å². The number of aliphatic imine (C=N–C) groups is 1. The second kappa shape index (κ2) is 10.4. The van der Waals surface area contributed by atoms with Gasteiger partial charge in [0.25, 0.3) is 10.0 Å². The van der Waals surface area contributed by atoms with E-state index in [0.717, 1.165) is 54.4 Å².